The Kier molecular flexibility index (Phi) is 1.72. The van der Waals surface area contributed by atoms with E-state index in [-0.39, 0.29) is 0 Å². The van der Waals surface area contributed by atoms with Crippen LogP contribution in [0.5, 0.6) is 0 Å². The first-order valence-corrected chi connectivity index (χ1v) is 8.88. The molecule has 1 heteroatoms. The standard InChI is InChI=1S/C12H22Si/c1-9(2)13-6-10-3-11(7-13)5-12(4-10)8-13/h9-12H,3-8H2,1-2H3. The molecule has 0 amide bonds. The van der Waals surface area contributed by atoms with Crippen molar-refractivity contribution in [2.45, 2.75) is 56.8 Å². The van der Waals surface area contributed by atoms with Crippen molar-refractivity contribution in [1.82, 2.24) is 0 Å². The van der Waals surface area contributed by atoms with E-state index < -0.39 is 8.07 Å². The zero-order valence-corrected chi connectivity index (χ0v) is 10.1. The minimum atomic E-state index is -0.724. The molecule has 0 radical (unpaired) electrons. The normalized spacial score (nSPS) is 53.3. The van der Waals surface area contributed by atoms with Crippen LogP contribution in [-0.4, -0.2) is 8.07 Å². The molecule has 4 bridgehead atoms. The smallest absolute Gasteiger partial charge is 0.0569 e. The summed E-state index contributed by atoms with van der Waals surface area (Å²) in [6.07, 6.45) is 4.87. The third-order valence-electron chi connectivity index (χ3n) is 5.31. The van der Waals surface area contributed by atoms with E-state index in [9.17, 15) is 0 Å². The first-order valence-electron chi connectivity index (χ1n) is 6.18. The molecule has 4 aliphatic rings. The molecule has 0 atom stereocenters. The fourth-order valence-corrected chi connectivity index (χ4v) is 11.2. The molecule has 3 heterocycles. The van der Waals surface area contributed by atoms with Crippen molar-refractivity contribution in [2.75, 3.05) is 0 Å². The highest BCUT2D eigenvalue weighted by Crippen LogP contribution is 2.59. The molecule has 0 spiro atoms. The van der Waals surface area contributed by atoms with Crippen LogP contribution in [0.15, 0.2) is 0 Å². The molecule has 13 heavy (non-hydrogen) atoms. The Bertz CT molecular complexity index is 184. The van der Waals surface area contributed by atoms with Gasteiger partial charge < -0.3 is 0 Å². The van der Waals surface area contributed by atoms with E-state index >= 15 is 0 Å². The highest BCUT2D eigenvalue weighted by atomic mass is 28.3. The van der Waals surface area contributed by atoms with Gasteiger partial charge in [-0.3, -0.25) is 0 Å². The average Bonchev–Trinajstić information content (AvgIpc) is 2.00. The van der Waals surface area contributed by atoms with Crippen LogP contribution in [0, 0.1) is 17.8 Å². The van der Waals surface area contributed by atoms with Crippen molar-refractivity contribution in [3.8, 4) is 0 Å². The molecule has 0 unspecified atom stereocenters. The lowest BCUT2D eigenvalue weighted by Crippen LogP contribution is -2.54. The second-order valence-corrected chi connectivity index (χ2v) is 11.5. The molecule has 4 rings (SSSR count). The molecule has 0 aromatic rings. The number of hydrogen-bond donors (Lipinski definition) is 0. The Labute approximate surface area is 83.1 Å². The number of rotatable bonds is 1. The van der Waals surface area contributed by atoms with Crippen LogP contribution in [0.1, 0.15) is 33.1 Å². The molecule has 1 aliphatic carbocycles. The van der Waals surface area contributed by atoms with Crippen molar-refractivity contribution in [1.29, 1.82) is 0 Å². The predicted molar refractivity (Wildman–Crippen MR) is 59.6 cm³/mol. The maximum atomic E-state index is 2.53. The molecule has 0 nitrogen and oxygen atoms in total. The summed E-state index contributed by atoms with van der Waals surface area (Å²) in [7, 11) is -0.724. The molecular formula is C12H22Si. The summed E-state index contributed by atoms with van der Waals surface area (Å²) in [5, 5.41) is 0. The predicted octanol–water partition coefficient (Wildman–Crippen LogP) is 3.90. The van der Waals surface area contributed by atoms with Crippen molar-refractivity contribution in [2.24, 2.45) is 17.8 Å². The van der Waals surface area contributed by atoms with Gasteiger partial charge in [-0.2, -0.15) is 0 Å². The average molecular weight is 194 g/mol. The zero-order valence-electron chi connectivity index (χ0n) is 9.05. The Morgan fingerprint density at radius 3 is 1.54 bits per heavy atom. The molecule has 0 aromatic heterocycles. The van der Waals surface area contributed by atoms with Crippen LogP contribution in [0.3, 0.4) is 0 Å². The van der Waals surface area contributed by atoms with E-state index in [0.29, 0.717) is 0 Å². The zero-order chi connectivity index (χ0) is 9.05. The van der Waals surface area contributed by atoms with Crippen molar-refractivity contribution < 1.29 is 0 Å². The van der Waals surface area contributed by atoms with Crippen LogP contribution in [-0.2, 0) is 0 Å². The second kappa shape index (κ2) is 2.62. The van der Waals surface area contributed by atoms with Gasteiger partial charge in [-0.25, -0.2) is 0 Å². The molecule has 3 aliphatic heterocycles. The lowest BCUT2D eigenvalue weighted by molar-refractivity contribution is 0.185. The lowest BCUT2D eigenvalue weighted by atomic mass is 9.76. The van der Waals surface area contributed by atoms with E-state index in [1.165, 1.54) is 17.8 Å². The molecule has 0 N–H and O–H groups in total. The topological polar surface area (TPSA) is 0 Å². The Balaban J connectivity index is 1.91. The van der Waals surface area contributed by atoms with Gasteiger partial charge in [0, 0.05) is 0 Å². The summed E-state index contributed by atoms with van der Waals surface area (Å²) in [5.74, 6) is 3.58. The second-order valence-electron chi connectivity index (χ2n) is 6.43. The summed E-state index contributed by atoms with van der Waals surface area (Å²) < 4.78 is 0. The first-order chi connectivity index (χ1) is 6.18. The third kappa shape index (κ3) is 1.16. The fraction of sp³-hybridized carbons (Fsp3) is 1.00. The van der Waals surface area contributed by atoms with Gasteiger partial charge in [0.2, 0.25) is 0 Å². The van der Waals surface area contributed by atoms with E-state index in [4.69, 9.17) is 0 Å². The van der Waals surface area contributed by atoms with E-state index in [2.05, 4.69) is 13.8 Å². The summed E-state index contributed by atoms with van der Waals surface area (Å²) in [6.45, 7) is 5.05. The van der Waals surface area contributed by atoms with Gasteiger partial charge >= 0.3 is 0 Å². The minimum absolute atomic E-state index is 0.724. The SMILES string of the molecule is CC(C)[Si]12CC3CC(CC(C3)C1)C2. The van der Waals surface area contributed by atoms with Crippen LogP contribution in [0.2, 0.25) is 23.7 Å². The number of hydrogen-bond acceptors (Lipinski definition) is 0. The van der Waals surface area contributed by atoms with Crippen LogP contribution >= 0.6 is 0 Å². The molecule has 3 saturated heterocycles. The first kappa shape index (κ1) is 8.52. The van der Waals surface area contributed by atoms with Crippen molar-refractivity contribution in [3.63, 3.8) is 0 Å². The van der Waals surface area contributed by atoms with Gasteiger partial charge in [0.25, 0.3) is 0 Å². The third-order valence-corrected chi connectivity index (χ3v) is 11.9. The fourth-order valence-electron chi connectivity index (χ4n) is 4.88. The van der Waals surface area contributed by atoms with E-state index in [0.717, 1.165) is 5.54 Å². The Morgan fingerprint density at radius 1 is 0.846 bits per heavy atom. The highest BCUT2D eigenvalue weighted by Gasteiger charge is 2.53. The van der Waals surface area contributed by atoms with Crippen LogP contribution in [0.25, 0.3) is 0 Å². The van der Waals surface area contributed by atoms with Gasteiger partial charge in [-0.05, 0) is 37.0 Å². The van der Waals surface area contributed by atoms with Crippen molar-refractivity contribution in [3.05, 3.63) is 0 Å². The summed E-state index contributed by atoms with van der Waals surface area (Å²) in [4.78, 5) is 0. The monoisotopic (exact) mass is 194 g/mol. The van der Waals surface area contributed by atoms with Gasteiger partial charge in [-0.1, -0.05) is 37.5 Å². The largest absolute Gasteiger partial charge is 0.0652 e. The summed E-state index contributed by atoms with van der Waals surface area (Å²) in [5.41, 5.74) is 1.08. The van der Waals surface area contributed by atoms with Gasteiger partial charge in [0.05, 0.1) is 8.07 Å². The van der Waals surface area contributed by atoms with Crippen LogP contribution < -0.4 is 0 Å². The maximum Gasteiger partial charge on any atom is 0.0569 e. The van der Waals surface area contributed by atoms with E-state index in [1.807, 2.05) is 0 Å². The minimum Gasteiger partial charge on any atom is -0.0652 e. The van der Waals surface area contributed by atoms with Gasteiger partial charge in [-0.15, -0.1) is 0 Å². The van der Waals surface area contributed by atoms with Crippen LogP contribution in [0.4, 0.5) is 0 Å². The maximum absolute atomic E-state index is 2.53. The summed E-state index contributed by atoms with van der Waals surface area (Å²) >= 11 is 0. The molecular weight excluding hydrogens is 172 g/mol. The summed E-state index contributed by atoms with van der Waals surface area (Å²) in [6, 6.07) is 5.16. The molecule has 0 aromatic carbocycles. The van der Waals surface area contributed by atoms with Gasteiger partial charge in [0.1, 0.15) is 0 Å². The quantitative estimate of drug-likeness (QED) is 0.555. The van der Waals surface area contributed by atoms with Crippen molar-refractivity contribution >= 4 is 8.07 Å². The van der Waals surface area contributed by atoms with Gasteiger partial charge in [0.15, 0.2) is 0 Å². The lowest BCUT2D eigenvalue weighted by Gasteiger charge is -2.57. The highest BCUT2D eigenvalue weighted by molar-refractivity contribution is 6.81. The molecule has 1 saturated carbocycles. The molecule has 74 valence electrons. The Morgan fingerprint density at radius 2 is 1.23 bits per heavy atom. The Hall–Kier alpha value is 0.217. The van der Waals surface area contributed by atoms with E-state index in [1.54, 1.807) is 37.4 Å². The molecule has 4 fully saturated rings.